The van der Waals surface area contributed by atoms with Gasteiger partial charge in [-0.3, -0.25) is 9.59 Å². The molecule has 5 heteroatoms. The number of hydrogen-bond acceptors (Lipinski definition) is 5. The zero-order valence-electron chi connectivity index (χ0n) is 42.0. The molecule has 0 aromatic rings. The van der Waals surface area contributed by atoms with Gasteiger partial charge >= 0.3 is 11.9 Å². The van der Waals surface area contributed by atoms with Crippen molar-refractivity contribution in [1.82, 2.24) is 0 Å². The van der Waals surface area contributed by atoms with Gasteiger partial charge in [-0.2, -0.15) is 0 Å². The molecule has 0 amide bonds. The fourth-order valence-corrected chi connectivity index (χ4v) is 7.20. The molecule has 0 aliphatic carbocycles. The Bertz CT molecular complexity index is 1230. The van der Waals surface area contributed by atoms with E-state index in [9.17, 15) is 9.59 Å². The van der Waals surface area contributed by atoms with Gasteiger partial charge in [-0.1, -0.05) is 227 Å². The molecule has 1 unspecified atom stereocenters. The van der Waals surface area contributed by atoms with Crippen LogP contribution in [0.15, 0.2) is 97.2 Å². The average molecular weight is 889 g/mol. The number of rotatable bonds is 48. The third-order valence-corrected chi connectivity index (χ3v) is 11.1. The van der Waals surface area contributed by atoms with E-state index in [1.807, 2.05) is 0 Å². The lowest BCUT2D eigenvalue weighted by atomic mass is 10.1. The van der Waals surface area contributed by atoms with Crippen LogP contribution in [0.25, 0.3) is 0 Å². The topological polar surface area (TPSA) is 61.8 Å². The van der Waals surface area contributed by atoms with Crippen molar-refractivity contribution in [3.05, 3.63) is 97.2 Å². The third kappa shape index (κ3) is 51.5. The molecule has 0 aromatic heterocycles. The number of carbonyl (C=O) groups excluding carboxylic acids is 2. The Hall–Kier alpha value is -3.18. The maximum Gasteiger partial charge on any atom is 0.306 e. The van der Waals surface area contributed by atoms with Crippen molar-refractivity contribution in [3.8, 4) is 0 Å². The lowest BCUT2D eigenvalue weighted by molar-refractivity contribution is -0.163. The summed E-state index contributed by atoms with van der Waals surface area (Å²) in [7, 11) is 0. The zero-order valence-corrected chi connectivity index (χ0v) is 42.0. The molecule has 0 saturated carbocycles. The maximum atomic E-state index is 12.8. The van der Waals surface area contributed by atoms with Crippen molar-refractivity contribution in [2.45, 2.75) is 245 Å². The van der Waals surface area contributed by atoms with E-state index in [0.29, 0.717) is 19.4 Å². The Morgan fingerprint density at radius 3 is 1.12 bits per heavy atom. The zero-order chi connectivity index (χ0) is 46.3. The monoisotopic (exact) mass is 889 g/mol. The van der Waals surface area contributed by atoms with Crippen LogP contribution in [0, 0.1) is 0 Å². The lowest BCUT2D eigenvalue weighted by Gasteiger charge is -2.18. The molecule has 0 saturated heterocycles. The normalized spacial score (nSPS) is 13.0. The molecule has 0 rings (SSSR count). The van der Waals surface area contributed by atoms with Gasteiger partial charge in [0.05, 0.1) is 6.61 Å². The summed E-state index contributed by atoms with van der Waals surface area (Å²) >= 11 is 0. The predicted octanol–water partition coefficient (Wildman–Crippen LogP) is 18.2. The number of allylic oxidation sites excluding steroid dienone is 16. The standard InChI is InChI=1S/C59H100O5/c1-4-7-10-13-16-19-22-24-26-28-29-30-32-34-36-39-42-45-48-51-54-62-55-57(64-59(61)53-50-47-44-41-37-21-18-15-12-9-6-3)56-63-58(60)52-49-46-43-40-38-35-33-31-27-25-23-20-17-14-11-8-5-2/h7-8,10-11,16-17,19-20,24-27,29-30,34,36,57H,4-6,9,12-15,18,21-23,28,31-33,35,37-56H2,1-3H3/b10-7-,11-8-,19-16-,20-17-,26-24-,27-25-,30-29-,36-34-. The van der Waals surface area contributed by atoms with Crippen LogP contribution in [0.1, 0.15) is 239 Å². The molecule has 0 heterocycles. The van der Waals surface area contributed by atoms with Gasteiger partial charge in [-0.05, 0) is 96.3 Å². The van der Waals surface area contributed by atoms with Crippen LogP contribution in [0.3, 0.4) is 0 Å². The number of ether oxygens (including phenoxy) is 3. The van der Waals surface area contributed by atoms with Crippen LogP contribution in [0.4, 0.5) is 0 Å². The van der Waals surface area contributed by atoms with Crippen molar-refractivity contribution >= 4 is 11.9 Å². The van der Waals surface area contributed by atoms with Crippen molar-refractivity contribution < 1.29 is 23.8 Å². The molecule has 0 aromatic carbocycles. The summed E-state index contributed by atoms with van der Waals surface area (Å²) < 4.78 is 17.4. The SMILES string of the molecule is CC/C=C\C/C=C\C/C=C\C/C=C\C/C=C\CCCCCCOCC(COC(=O)CCCCCCCCC/C=C\C/C=C\C/C=C\CC)OC(=O)CCCCCCCCCCCCC. The highest BCUT2D eigenvalue weighted by molar-refractivity contribution is 5.70. The molecule has 5 nitrogen and oxygen atoms in total. The van der Waals surface area contributed by atoms with Crippen LogP contribution < -0.4 is 0 Å². The third-order valence-electron chi connectivity index (χ3n) is 11.1. The molecular formula is C59H100O5. The fraction of sp³-hybridized carbons (Fsp3) is 0.695. The summed E-state index contributed by atoms with van der Waals surface area (Å²) in [5.41, 5.74) is 0. The second-order valence-electron chi connectivity index (χ2n) is 17.4. The van der Waals surface area contributed by atoms with E-state index < -0.39 is 6.10 Å². The van der Waals surface area contributed by atoms with Crippen molar-refractivity contribution in [2.75, 3.05) is 19.8 Å². The Morgan fingerprint density at radius 1 is 0.359 bits per heavy atom. The Balaban J connectivity index is 4.30. The summed E-state index contributed by atoms with van der Waals surface area (Å²) in [6.45, 7) is 7.54. The highest BCUT2D eigenvalue weighted by Gasteiger charge is 2.17. The quantitative estimate of drug-likeness (QED) is 0.0346. The fourth-order valence-electron chi connectivity index (χ4n) is 7.20. The maximum absolute atomic E-state index is 12.8. The molecule has 64 heavy (non-hydrogen) atoms. The largest absolute Gasteiger partial charge is 0.462 e. The number of carbonyl (C=O) groups is 2. The minimum Gasteiger partial charge on any atom is -0.462 e. The first-order valence-corrected chi connectivity index (χ1v) is 26.8. The van der Waals surface area contributed by atoms with Gasteiger partial charge in [0.15, 0.2) is 6.10 Å². The van der Waals surface area contributed by atoms with E-state index >= 15 is 0 Å². The van der Waals surface area contributed by atoms with Crippen molar-refractivity contribution in [2.24, 2.45) is 0 Å². The predicted molar refractivity (Wildman–Crippen MR) is 279 cm³/mol. The minimum atomic E-state index is -0.557. The summed E-state index contributed by atoms with van der Waals surface area (Å²) in [5.74, 6) is -0.423. The molecular weight excluding hydrogens is 789 g/mol. The Kier molecular flexibility index (Phi) is 51.5. The summed E-state index contributed by atoms with van der Waals surface area (Å²) in [5, 5.41) is 0. The highest BCUT2D eigenvalue weighted by atomic mass is 16.6. The van der Waals surface area contributed by atoms with Crippen LogP contribution in [-0.2, 0) is 23.8 Å². The van der Waals surface area contributed by atoms with Gasteiger partial charge in [0.2, 0.25) is 0 Å². The molecule has 0 bridgehead atoms. The van der Waals surface area contributed by atoms with E-state index in [-0.39, 0.29) is 25.2 Å². The van der Waals surface area contributed by atoms with Crippen molar-refractivity contribution in [1.29, 1.82) is 0 Å². The molecule has 366 valence electrons. The van der Waals surface area contributed by atoms with Gasteiger partial charge < -0.3 is 14.2 Å². The van der Waals surface area contributed by atoms with E-state index in [1.165, 1.54) is 96.3 Å². The summed E-state index contributed by atoms with van der Waals surface area (Å²) in [6.07, 6.45) is 72.8. The van der Waals surface area contributed by atoms with E-state index in [2.05, 4.69) is 118 Å². The number of hydrogen-bond donors (Lipinski definition) is 0. The molecule has 0 N–H and O–H groups in total. The minimum absolute atomic E-state index is 0.0666. The summed E-state index contributed by atoms with van der Waals surface area (Å²) in [6, 6.07) is 0. The number of esters is 2. The van der Waals surface area contributed by atoms with E-state index in [0.717, 1.165) is 109 Å². The molecule has 0 spiro atoms. The Morgan fingerprint density at radius 2 is 0.703 bits per heavy atom. The van der Waals surface area contributed by atoms with Gasteiger partial charge in [0, 0.05) is 19.4 Å². The molecule has 0 aliphatic rings. The van der Waals surface area contributed by atoms with Gasteiger partial charge in [-0.15, -0.1) is 0 Å². The smallest absolute Gasteiger partial charge is 0.306 e. The van der Waals surface area contributed by atoms with E-state index in [4.69, 9.17) is 14.2 Å². The van der Waals surface area contributed by atoms with Crippen LogP contribution >= 0.6 is 0 Å². The van der Waals surface area contributed by atoms with Crippen LogP contribution in [0.2, 0.25) is 0 Å². The van der Waals surface area contributed by atoms with E-state index in [1.54, 1.807) is 0 Å². The average Bonchev–Trinajstić information content (AvgIpc) is 3.30. The first-order valence-electron chi connectivity index (χ1n) is 26.8. The second kappa shape index (κ2) is 54.2. The molecule has 1 atom stereocenters. The van der Waals surface area contributed by atoms with Gasteiger partial charge in [-0.25, -0.2) is 0 Å². The molecule has 0 aliphatic heterocycles. The highest BCUT2D eigenvalue weighted by Crippen LogP contribution is 2.14. The molecule has 0 fully saturated rings. The summed E-state index contributed by atoms with van der Waals surface area (Å²) in [4.78, 5) is 25.4. The first-order chi connectivity index (χ1) is 31.6. The first kappa shape index (κ1) is 60.8. The number of unbranched alkanes of at least 4 members (excludes halogenated alkanes) is 21. The van der Waals surface area contributed by atoms with Crippen LogP contribution in [0.5, 0.6) is 0 Å². The molecule has 0 radical (unpaired) electrons. The lowest BCUT2D eigenvalue weighted by Crippen LogP contribution is -2.30. The van der Waals surface area contributed by atoms with Crippen molar-refractivity contribution in [3.63, 3.8) is 0 Å². The second-order valence-corrected chi connectivity index (χ2v) is 17.4. The van der Waals surface area contributed by atoms with Crippen LogP contribution in [-0.4, -0.2) is 37.9 Å². The van der Waals surface area contributed by atoms with Gasteiger partial charge in [0.25, 0.3) is 0 Å². The Labute approximate surface area is 396 Å². The van der Waals surface area contributed by atoms with Gasteiger partial charge in [0.1, 0.15) is 6.61 Å².